The molecule has 0 aliphatic rings. The van der Waals surface area contributed by atoms with Gasteiger partial charge in [-0.1, -0.05) is 42.0 Å². The first-order valence-corrected chi connectivity index (χ1v) is 10.7. The Morgan fingerprint density at radius 2 is 1.59 bits per heavy atom. The van der Waals surface area contributed by atoms with Crippen LogP contribution in [0, 0.1) is 18.6 Å². The van der Waals surface area contributed by atoms with Gasteiger partial charge in [-0.15, -0.1) is 0 Å². The second-order valence-corrected chi connectivity index (χ2v) is 8.08. The van der Waals surface area contributed by atoms with Crippen LogP contribution in [0.3, 0.4) is 0 Å². The van der Waals surface area contributed by atoms with Gasteiger partial charge < -0.3 is 5.32 Å². The van der Waals surface area contributed by atoms with Gasteiger partial charge in [0.25, 0.3) is 0 Å². The zero-order valence-electron chi connectivity index (χ0n) is 18.7. The number of alkyl halides is 3. The summed E-state index contributed by atoms with van der Waals surface area (Å²) >= 11 is 0. The Labute approximate surface area is 195 Å². The third kappa shape index (κ3) is 6.41. The number of likely N-dealkylation sites (N-methyl/N-ethyl adjacent to an activating group) is 1. The molecule has 34 heavy (non-hydrogen) atoms. The van der Waals surface area contributed by atoms with Gasteiger partial charge in [0.1, 0.15) is 17.7 Å². The first kappa shape index (κ1) is 25.4. The molecule has 2 N–H and O–H groups in total. The molecule has 8 heteroatoms. The fourth-order valence-electron chi connectivity index (χ4n) is 3.75. The number of nitrogens with one attached hydrogen (secondary N) is 2. The molecule has 0 bridgehead atoms. The lowest BCUT2D eigenvalue weighted by atomic mass is 9.94. The van der Waals surface area contributed by atoms with Crippen molar-refractivity contribution in [3.63, 3.8) is 0 Å². The van der Waals surface area contributed by atoms with Crippen LogP contribution in [-0.4, -0.2) is 13.0 Å². The highest BCUT2D eigenvalue weighted by Crippen LogP contribution is 2.31. The molecule has 0 heterocycles. The number of rotatable bonds is 8. The third-order valence-electron chi connectivity index (χ3n) is 5.61. The Kier molecular flexibility index (Phi) is 8.04. The van der Waals surface area contributed by atoms with Crippen LogP contribution in [0.25, 0.3) is 0 Å². The van der Waals surface area contributed by atoms with Crippen molar-refractivity contribution in [1.82, 2.24) is 10.6 Å². The molecular weight excluding hydrogens is 451 g/mol. The molecule has 0 aromatic heterocycles. The summed E-state index contributed by atoms with van der Waals surface area (Å²) in [7, 11) is 1.46. The van der Waals surface area contributed by atoms with Crippen LogP contribution in [-0.2, 0) is 17.4 Å². The summed E-state index contributed by atoms with van der Waals surface area (Å²) in [6.45, 7) is 1.81. The van der Waals surface area contributed by atoms with Crippen LogP contribution < -0.4 is 10.6 Å². The standard InChI is InChI=1S/C26H25F5N2O/c1-16-3-13-22(28)21(15-16)23(14-6-17-4-9-19(10-5-17)26(29,30)31)33-24(25(34)32-2)18-7-11-20(27)12-8-18/h3-5,7-13,15,23-24,33H,6,14H2,1-2H3,(H,32,34)/t23-,24-/m1/s1. The number of benzene rings is 3. The molecule has 0 spiro atoms. The van der Waals surface area contributed by atoms with Crippen molar-refractivity contribution in [1.29, 1.82) is 0 Å². The fraction of sp³-hybridized carbons (Fsp3) is 0.269. The van der Waals surface area contributed by atoms with E-state index in [0.717, 1.165) is 17.7 Å². The summed E-state index contributed by atoms with van der Waals surface area (Å²) in [6, 6.07) is 13.3. The minimum absolute atomic E-state index is 0.306. The molecule has 2 atom stereocenters. The van der Waals surface area contributed by atoms with Crippen LogP contribution in [0.4, 0.5) is 22.0 Å². The van der Waals surface area contributed by atoms with Gasteiger partial charge in [-0.25, -0.2) is 8.78 Å². The van der Waals surface area contributed by atoms with Crippen LogP contribution in [0.2, 0.25) is 0 Å². The zero-order valence-corrected chi connectivity index (χ0v) is 18.7. The second-order valence-electron chi connectivity index (χ2n) is 8.08. The molecule has 0 saturated heterocycles. The molecular formula is C26H25F5N2O. The van der Waals surface area contributed by atoms with E-state index in [1.54, 1.807) is 12.1 Å². The molecule has 0 fully saturated rings. The Balaban J connectivity index is 1.90. The second kappa shape index (κ2) is 10.8. The highest BCUT2D eigenvalue weighted by molar-refractivity contribution is 5.83. The first-order valence-electron chi connectivity index (χ1n) is 10.7. The van der Waals surface area contributed by atoms with Gasteiger partial charge in [0, 0.05) is 18.7 Å². The predicted molar refractivity (Wildman–Crippen MR) is 120 cm³/mol. The lowest BCUT2D eigenvalue weighted by Gasteiger charge is -2.26. The van der Waals surface area contributed by atoms with Gasteiger partial charge in [-0.05, 0) is 61.2 Å². The topological polar surface area (TPSA) is 41.1 Å². The molecule has 0 aliphatic heterocycles. The van der Waals surface area contributed by atoms with Crippen LogP contribution >= 0.6 is 0 Å². The summed E-state index contributed by atoms with van der Waals surface area (Å²) in [6.07, 6.45) is -3.78. The molecule has 3 rings (SSSR count). The highest BCUT2D eigenvalue weighted by atomic mass is 19.4. The maximum atomic E-state index is 14.8. The summed E-state index contributed by atoms with van der Waals surface area (Å²) < 4.78 is 66.8. The Morgan fingerprint density at radius 1 is 0.941 bits per heavy atom. The van der Waals surface area contributed by atoms with Crippen molar-refractivity contribution in [2.24, 2.45) is 0 Å². The summed E-state index contributed by atoms with van der Waals surface area (Å²) in [4.78, 5) is 12.7. The van der Waals surface area contributed by atoms with Gasteiger partial charge in [0.2, 0.25) is 5.91 Å². The molecule has 3 nitrogen and oxygen atoms in total. The SMILES string of the molecule is CNC(=O)[C@H](N[C@H](CCc1ccc(C(F)(F)F)cc1)c1cc(C)ccc1F)c1ccc(F)cc1. The highest BCUT2D eigenvalue weighted by Gasteiger charge is 2.30. The van der Waals surface area contributed by atoms with E-state index >= 15 is 0 Å². The lowest BCUT2D eigenvalue weighted by molar-refractivity contribution is -0.137. The molecule has 0 unspecified atom stereocenters. The van der Waals surface area contributed by atoms with Gasteiger partial charge in [0.05, 0.1) is 5.56 Å². The smallest absolute Gasteiger partial charge is 0.358 e. The normalized spacial score (nSPS) is 13.4. The van der Waals surface area contributed by atoms with Crippen molar-refractivity contribution in [2.45, 2.75) is 38.0 Å². The average Bonchev–Trinajstić information content (AvgIpc) is 2.81. The van der Waals surface area contributed by atoms with Crippen LogP contribution in [0.15, 0.2) is 66.7 Å². The number of hydrogen-bond acceptors (Lipinski definition) is 2. The van der Waals surface area contributed by atoms with E-state index in [2.05, 4.69) is 10.6 Å². The predicted octanol–water partition coefficient (Wildman–Crippen LogP) is 6.04. The van der Waals surface area contributed by atoms with E-state index in [1.165, 1.54) is 49.5 Å². The van der Waals surface area contributed by atoms with Crippen LogP contribution in [0.5, 0.6) is 0 Å². The molecule has 0 aliphatic carbocycles. The average molecular weight is 476 g/mol. The molecule has 3 aromatic rings. The van der Waals surface area contributed by atoms with Gasteiger partial charge in [-0.3, -0.25) is 10.1 Å². The first-order chi connectivity index (χ1) is 16.1. The Morgan fingerprint density at radius 3 is 2.18 bits per heavy atom. The van der Waals surface area contributed by atoms with E-state index in [9.17, 15) is 26.7 Å². The van der Waals surface area contributed by atoms with E-state index < -0.39 is 35.5 Å². The van der Waals surface area contributed by atoms with Gasteiger partial charge in [-0.2, -0.15) is 13.2 Å². The number of hydrogen-bond donors (Lipinski definition) is 2. The van der Waals surface area contributed by atoms with Gasteiger partial charge >= 0.3 is 6.18 Å². The van der Waals surface area contributed by atoms with Crippen molar-refractivity contribution in [2.75, 3.05) is 7.05 Å². The fourth-order valence-corrected chi connectivity index (χ4v) is 3.75. The maximum absolute atomic E-state index is 14.8. The van der Waals surface area contributed by atoms with E-state index in [1.807, 2.05) is 6.92 Å². The molecule has 0 saturated carbocycles. The van der Waals surface area contributed by atoms with Crippen molar-refractivity contribution < 1.29 is 26.7 Å². The van der Waals surface area contributed by atoms with Gasteiger partial charge in [0.15, 0.2) is 0 Å². The van der Waals surface area contributed by atoms with Crippen molar-refractivity contribution >= 4 is 5.91 Å². The minimum atomic E-state index is -4.43. The third-order valence-corrected chi connectivity index (χ3v) is 5.61. The van der Waals surface area contributed by atoms with Crippen molar-refractivity contribution in [3.8, 4) is 0 Å². The quantitative estimate of drug-likeness (QED) is 0.389. The molecule has 0 radical (unpaired) electrons. The van der Waals surface area contributed by atoms with E-state index in [4.69, 9.17) is 0 Å². The summed E-state index contributed by atoms with van der Waals surface area (Å²) in [5.41, 5.74) is 1.55. The van der Waals surface area contributed by atoms with E-state index in [-0.39, 0.29) is 5.91 Å². The number of carbonyl (C=O) groups excluding carboxylic acids is 1. The number of aryl methyl sites for hydroxylation is 2. The monoisotopic (exact) mass is 476 g/mol. The Bertz CT molecular complexity index is 1110. The van der Waals surface area contributed by atoms with E-state index in [0.29, 0.717) is 29.5 Å². The molecule has 1 amide bonds. The summed E-state index contributed by atoms with van der Waals surface area (Å²) in [5.74, 6) is -1.31. The maximum Gasteiger partial charge on any atom is 0.416 e. The number of carbonyl (C=O) groups is 1. The van der Waals surface area contributed by atoms with Crippen molar-refractivity contribution in [3.05, 3.63) is 106 Å². The Hall–Kier alpha value is -3.26. The largest absolute Gasteiger partial charge is 0.416 e. The summed E-state index contributed by atoms with van der Waals surface area (Å²) in [5, 5.41) is 5.74. The molecule has 3 aromatic carbocycles. The lowest BCUT2D eigenvalue weighted by Crippen LogP contribution is -2.38. The number of halogens is 5. The molecule has 180 valence electrons. The number of amides is 1. The van der Waals surface area contributed by atoms with Crippen LogP contribution in [0.1, 0.15) is 46.3 Å². The minimum Gasteiger partial charge on any atom is -0.358 e. The zero-order chi connectivity index (χ0) is 24.9.